The minimum Gasteiger partial charge on any atom is -0.352 e. The highest BCUT2D eigenvalue weighted by atomic mass is 16.2. The second-order valence-corrected chi connectivity index (χ2v) is 6.68. The van der Waals surface area contributed by atoms with Gasteiger partial charge in [0.2, 0.25) is 11.8 Å². The van der Waals surface area contributed by atoms with Crippen LogP contribution in [0.25, 0.3) is 0 Å². The number of benzene rings is 1. The minimum atomic E-state index is -0.0455. The second-order valence-electron chi connectivity index (χ2n) is 6.68. The normalized spacial score (nSPS) is 21.0. The van der Waals surface area contributed by atoms with Gasteiger partial charge in [-0.2, -0.15) is 0 Å². The van der Waals surface area contributed by atoms with Crippen LogP contribution in [0.3, 0.4) is 0 Å². The second kappa shape index (κ2) is 8.11. The van der Waals surface area contributed by atoms with Crippen molar-refractivity contribution in [3.8, 4) is 0 Å². The molecule has 0 saturated heterocycles. The van der Waals surface area contributed by atoms with Crippen LogP contribution in [0.4, 0.5) is 5.69 Å². The molecular weight excluding hydrogens is 290 g/mol. The Balaban J connectivity index is 1.81. The number of carbonyl (C=O) groups is 2. The maximum absolute atomic E-state index is 12.2. The number of amides is 2. The van der Waals surface area contributed by atoms with E-state index in [4.69, 9.17) is 5.73 Å². The van der Waals surface area contributed by atoms with E-state index in [2.05, 4.69) is 10.6 Å². The van der Waals surface area contributed by atoms with Crippen LogP contribution in [-0.2, 0) is 16.1 Å². The van der Waals surface area contributed by atoms with Gasteiger partial charge in [0.05, 0.1) is 0 Å². The van der Waals surface area contributed by atoms with E-state index >= 15 is 0 Å². The summed E-state index contributed by atoms with van der Waals surface area (Å²) >= 11 is 0. The van der Waals surface area contributed by atoms with Gasteiger partial charge in [-0.1, -0.05) is 32.4 Å². The fraction of sp³-hybridized carbons (Fsp3) is 0.556. The molecule has 1 aliphatic carbocycles. The summed E-state index contributed by atoms with van der Waals surface area (Å²) in [7, 11) is 0. The van der Waals surface area contributed by atoms with Gasteiger partial charge in [-0.25, -0.2) is 0 Å². The molecule has 0 radical (unpaired) electrons. The Kier molecular flexibility index (Phi) is 6.16. The molecule has 0 aromatic heterocycles. The summed E-state index contributed by atoms with van der Waals surface area (Å²) in [5, 5.41) is 5.84. The van der Waals surface area contributed by atoms with Crippen LogP contribution in [0.1, 0.15) is 45.1 Å². The van der Waals surface area contributed by atoms with Gasteiger partial charge in [0.25, 0.3) is 0 Å². The van der Waals surface area contributed by atoms with Crippen LogP contribution in [0, 0.1) is 11.8 Å². The molecule has 4 N–H and O–H groups in total. The molecular formula is C18H27N3O2. The zero-order valence-electron chi connectivity index (χ0n) is 14.0. The Morgan fingerprint density at radius 1 is 1.22 bits per heavy atom. The number of nitrogens with one attached hydrogen (secondary N) is 2. The summed E-state index contributed by atoms with van der Waals surface area (Å²) in [4.78, 5) is 23.8. The van der Waals surface area contributed by atoms with Gasteiger partial charge in [-0.3, -0.25) is 9.59 Å². The minimum absolute atomic E-state index is 0.000287. The third-order valence-corrected chi connectivity index (χ3v) is 4.30. The first-order valence-corrected chi connectivity index (χ1v) is 8.39. The largest absolute Gasteiger partial charge is 0.352 e. The van der Waals surface area contributed by atoms with Crippen molar-refractivity contribution >= 4 is 17.5 Å². The van der Waals surface area contributed by atoms with Crippen LogP contribution in [-0.4, -0.2) is 17.9 Å². The van der Waals surface area contributed by atoms with Crippen molar-refractivity contribution in [2.45, 2.75) is 52.1 Å². The Hall–Kier alpha value is -1.88. The zero-order valence-corrected chi connectivity index (χ0v) is 14.0. The Morgan fingerprint density at radius 3 is 2.52 bits per heavy atom. The third-order valence-electron chi connectivity index (χ3n) is 4.30. The molecule has 2 atom stereocenters. The lowest BCUT2D eigenvalue weighted by Crippen LogP contribution is -2.37. The summed E-state index contributed by atoms with van der Waals surface area (Å²) in [5.41, 5.74) is 7.72. The number of anilines is 1. The molecule has 126 valence electrons. The molecule has 1 aromatic rings. The molecule has 1 saturated carbocycles. The molecule has 0 bridgehead atoms. The van der Waals surface area contributed by atoms with Crippen LogP contribution in [0.2, 0.25) is 0 Å². The predicted octanol–water partition coefficient (Wildman–Crippen LogP) is 2.41. The molecule has 0 aliphatic heterocycles. The first-order valence-electron chi connectivity index (χ1n) is 8.39. The monoisotopic (exact) mass is 317 g/mol. The van der Waals surface area contributed by atoms with Gasteiger partial charge in [0, 0.05) is 30.1 Å². The van der Waals surface area contributed by atoms with E-state index in [1.807, 2.05) is 38.1 Å². The summed E-state index contributed by atoms with van der Waals surface area (Å²) in [6.45, 7) is 4.22. The van der Waals surface area contributed by atoms with Crippen LogP contribution in [0.15, 0.2) is 24.3 Å². The van der Waals surface area contributed by atoms with Crippen molar-refractivity contribution in [3.63, 3.8) is 0 Å². The van der Waals surface area contributed by atoms with E-state index in [9.17, 15) is 9.59 Å². The van der Waals surface area contributed by atoms with Crippen molar-refractivity contribution in [1.29, 1.82) is 0 Å². The first-order chi connectivity index (χ1) is 11.0. The summed E-state index contributed by atoms with van der Waals surface area (Å²) in [6, 6.07) is 7.71. The molecule has 0 spiro atoms. The van der Waals surface area contributed by atoms with Crippen molar-refractivity contribution in [1.82, 2.24) is 5.32 Å². The van der Waals surface area contributed by atoms with Gasteiger partial charge in [0.1, 0.15) is 0 Å². The molecule has 5 heteroatoms. The maximum Gasteiger partial charge on any atom is 0.226 e. The molecule has 1 fully saturated rings. The van der Waals surface area contributed by atoms with E-state index in [-0.39, 0.29) is 29.7 Å². The first kappa shape index (κ1) is 17.5. The predicted molar refractivity (Wildman–Crippen MR) is 91.7 cm³/mol. The molecule has 2 rings (SSSR count). The number of hydrogen-bond acceptors (Lipinski definition) is 3. The molecule has 0 heterocycles. The number of rotatable bonds is 5. The lowest BCUT2D eigenvalue weighted by atomic mass is 9.85. The smallest absolute Gasteiger partial charge is 0.226 e. The third kappa shape index (κ3) is 5.36. The van der Waals surface area contributed by atoms with Gasteiger partial charge >= 0.3 is 0 Å². The van der Waals surface area contributed by atoms with Crippen LogP contribution >= 0.6 is 0 Å². The molecule has 23 heavy (non-hydrogen) atoms. The standard InChI is InChI=1S/C18H27N3O2/c1-12(2)17(22)21-16-8-6-13(7-9-16)11-20-18(23)14-4-3-5-15(19)10-14/h6-9,12,14-15H,3-5,10-11,19H2,1-2H3,(H,20,23)(H,21,22). The summed E-state index contributed by atoms with van der Waals surface area (Å²) in [5.74, 6) is 0.0937. The van der Waals surface area contributed by atoms with E-state index in [1.54, 1.807) is 0 Å². The highest BCUT2D eigenvalue weighted by Crippen LogP contribution is 2.23. The Labute approximate surface area is 138 Å². The van der Waals surface area contributed by atoms with Crippen molar-refractivity contribution < 1.29 is 9.59 Å². The van der Waals surface area contributed by atoms with Gasteiger partial charge in [-0.05, 0) is 37.0 Å². The number of carbonyl (C=O) groups excluding carboxylic acids is 2. The molecule has 5 nitrogen and oxygen atoms in total. The van der Waals surface area contributed by atoms with Gasteiger partial charge in [0.15, 0.2) is 0 Å². The Morgan fingerprint density at radius 2 is 1.91 bits per heavy atom. The Bertz CT molecular complexity index is 540. The SMILES string of the molecule is CC(C)C(=O)Nc1ccc(CNC(=O)C2CCCC(N)C2)cc1. The number of hydrogen-bond donors (Lipinski definition) is 3. The fourth-order valence-corrected chi connectivity index (χ4v) is 2.79. The van der Waals surface area contributed by atoms with E-state index in [0.29, 0.717) is 6.54 Å². The van der Waals surface area contributed by atoms with Crippen molar-refractivity contribution in [2.24, 2.45) is 17.6 Å². The number of nitrogens with two attached hydrogens (primary N) is 1. The molecule has 1 aliphatic rings. The average Bonchev–Trinajstić information content (AvgIpc) is 2.53. The van der Waals surface area contributed by atoms with E-state index in [0.717, 1.165) is 36.9 Å². The zero-order chi connectivity index (χ0) is 16.8. The molecule has 1 aromatic carbocycles. The molecule has 2 unspecified atom stereocenters. The van der Waals surface area contributed by atoms with Crippen molar-refractivity contribution in [2.75, 3.05) is 5.32 Å². The average molecular weight is 317 g/mol. The molecule has 2 amide bonds. The highest BCUT2D eigenvalue weighted by Gasteiger charge is 2.24. The van der Waals surface area contributed by atoms with Gasteiger partial charge < -0.3 is 16.4 Å². The topological polar surface area (TPSA) is 84.2 Å². The fourth-order valence-electron chi connectivity index (χ4n) is 2.79. The van der Waals surface area contributed by atoms with E-state index in [1.165, 1.54) is 0 Å². The maximum atomic E-state index is 12.2. The van der Waals surface area contributed by atoms with Gasteiger partial charge in [-0.15, -0.1) is 0 Å². The van der Waals surface area contributed by atoms with Crippen molar-refractivity contribution in [3.05, 3.63) is 29.8 Å². The van der Waals surface area contributed by atoms with Crippen LogP contribution in [0.5, 0.6) is 0 Å². The lowest BCUT2D eigenvalue weighted by Gasteiger charge is -2.25. The van der Waals surface area contributed by atoms with Crippen LogP contribution < -0.4 is 16.4 Å². The highest BCUT2D eigenvalue weighted by molar-refractivity contribution is 5.92. The summed E-state index contributed by atoms with van der Waals surface area (Å²) < 4.78 is 0. The summed E-state index contributed by atoms with van der Waals surface area (Å²) in [6.07, 6.45) is 3.77. The quantitative estimate of drug-likeness (QED) is 0.779. The van der Waals surface area contributed by atoms with E-state index < -0.39 is 0 Å². The lowest BCUT2D eigenvalue weighted by molar-refractivity contribution is -0.126.